The number of benzene rings is 1. The zero-order valence-corrected chi connectivity index (χ0v) is 16.3. The van der Waals surface area contributed by atoms with Crippen molar-refractivity contribution in [3.05, 3.63) is 35.4 Å². The van der Waals surface area contributed by atoms with Crippen LogP contribution < -0.4 is 10.5 Å². The molecule has 0 saturated heterocycles. The van der Waals surface area contributed by atoms with Crippen molar-refractivity contribution in [2.24, 2.45) is 0 Å². The molecule has 2 aromatic rings. The van der Waals surface area contributed by atoms with E-state index in [1.807, 2.05) is 24.3 Å². The first kappa shape index (κ1) is 20.0. The molecule has 3 N–H and O–H groups in total. The number of hydrogen-bond donors (Lipinski definition) is 2. The first-order valence-electron chi connectivity index (χ1n) is 9.32. The molecule has 0 aliphatic heterocycles. The van der Waals surface area contributed by atoms with Crippen LogP contribution in [0.2, 0.25) is 0 Å². The van der Waals surface area contributed by atoms with Crippen molar-refractivity contribution in [2.75, 3.05) is 18.1 Å². The number of nitriles is 2. The van der Waals surface area contributed by atoms with Crippen molar-refractivity contribution in [2.45, 2.75) is 43.2 Å². The number of ether oxygens (including phenoxy) is 1. The number of nitrogen functional groups attached to an aromatic ring is 1. The van der Waals surface area contributed by atoms with E-state index in [2.05, 4.69) is 17.1 Å². The number of rotatable bonds is 6. The number of thioether (sulfide) groups is 1. The fraction of sp³-hybridized carbons (Fsp3) is 0.381. The van der Waals surface area contributed by atoms with E-state index < -0.39 is 0 Å². The van der Waals surface area contributed by atoms with Crippen LogP contribution in [0.5, 0.6) is 5.75 Å². The summed E-state index contributed by atoms with van der Waals surface area (Å²) in [6.07, 6.45) is 6.07. The molecule has 3 rings (SSSR count). The van der Waals surface area contributed by atoms with Gasteiger partial charge in [-0.2, -0.15) is 10.5 Å². The highest BCUT2D eigenvalue weighted by atomic mass is 32.2. The van der Waals surface area contributed by atoms with Crippen molar-refractivity contribution in [3.8, 4) is 29.0 Å². The first-order chi connectivity index (χ1) is 13.7. The summed E-state index contributed by atoms with van der Waals surface area (Å²) in [6, 6.07) is 11.6. The average molecular weight is 395 g/mol. The Morgan fingerprint density at radius 2 is 1.79 bits per heavy atom. The number of hydrogen-bond acceptors (Lipinski definition) is 7. The van der Waals surface area contributed by atoms with Gasteiger partial charge < -0.3 is 15.6 Å². The van der Waals surface area contributed by atoms with Crippen LogP contribution >= 0.6 is 11.8 Å². The van der Waals surface area contributed by atoms with Crippen molar-refractivity contribution in [3.63, 3.8) is 0 Å². The first-order valence-corrected chi connectivity index (χ1v) is 10.3. The molecule has 1 aliphatic carbocycles. The topological polar surface area (TPSA) is 116 Å². The summed E-state index contributed by atoms with van der Waals surface area (Å²) in [4.78, 5) is 4.19. The van der Waals surface area contributed by atoms with E-state index in [9.17, 15) is 10.5 Å². The molecule has 28 heavy (non-hydrogen) atoms. The molecule has 1 heterocycles. The van der Waals surface area contributed by atoms with Crippen LogP contribution in [0.25, 0.3) is 11.1 Å². The molecule has 144 valence electrons. The summed E-state index contributed by atoms with van der Waals surface area (Å²) >= 11 is 1.24. The Morgan fingerprint density at radius 3 is 2.39 bits per heavy atom. The Labute approximate surface area is 169 Å². The van der Waals surface area contributed by atoms with Gasteiger partial charge in [-0.25, -0.2) is 4.98 Å². The summed E-state index contributed by atoms with van der Waals surface area (Å²) in [5.41, 5.74) is 7.64. The van der Waals surface area contributed by atoms with E-state index in [-0.39, 0.29) is 24.1 Å². The monoisotopic (exact) mass is 394 g/mol. The second-order valence-corrected chi connectivity index (χ2v) is 7.71. The van der Waals surface area contributed by atoms with E-state index in [0.29, 0.717) is 27.5 Å². The lowest BCUT2D eigenvalue weighted by atomic mass is 9.96. The van der Waals surface area contributed by atoms with Gasteiger partial charge in [-0.1, -0.05) is 18.6 Å². The summed E-state index contributed by atoms with van der Waals surface area (Å²) in [5.74, 6) is 1.25. The van der Waals surface area contributed by atoms with E-state index in [1.54, 1.807) is 0 Å². The van der Waals surface area contributed by atoms with E-state index in [1.165, 1.54) is 31.0 Å². The fourth-order valence-electron chi connectivity index (χ4n) is 3.41. The number of aliphatic hydroxyl groups excluding tert-OH is 1. The summed E-state index contributed by atoms with van der Waals surface area (Å²) < 4.78 is 6.06. The van der Waals surface area contributed by atoms with Crippen LogP contribution in [-0.4, -0.2) is 28.6 Å². The summed E-state index contributed by atoms with van der Waals surface area (Å²) in [6.45, 7) is -0.0420. The van der Waals surface area contributed by atoms with E-state index in [0.717, 1.165) is 18.6 Å². The smallest absolute Gasteiger partial charge is 0.143 e. The minimum Gasteiger partial charge on any atom is -0.490 e. The highest BCUT2D eigenvalue weighted by molar-refractivity contribution is 7.99. The van der Waals surface area contributed by atoms with Gasteiger partial charge in [0, 0.05) is 11.3 Å². The van der Waals surface area contributed by atoms with E-state index in [4.69, 9.17) is 15.6 Å². The minimum absolute atomic E-state index is 0.0420. The predicted octanol–water partition coefficient (Wildman–Crippen LogP) is 3.87. The number of pyridine rings is 1. The minimum atomic E-state index is -0.0420. The van der Waals surface area contributed by atoms with Crippen molar-refractivity contribution in [1.82, 2.24) is 4.98 Å². The Balaban J connectivity index is 1.96. The van der Waals surface area contributed by atoms with Gasteiger partial charge in [0.15, 0.2) is 0 Å². The maximum atomic E-state index is 9.70. The van der Waals surface area contributed by atoms with Crippen LogP contribution in [0.1, 0.15) is 43.2 Å². The lowest BCUT2D eigenvalue weighted by Crippen LogP contribution is -2.19. The molecular formula is C21H22N4O2S. The normalized spacial score (nSPS) is 14.2. The van der Waals surface area contributed by atoms with Crippen molar-refractivity contribution in [1.29, 1.82) is 10.5 Å². The maximum Gasteiger partial charge on any atom is 0.143 e. The summed E-state index contributed by atoms with van der Waals surface area (Å²) in [5, 5.41) is 28.8. The standard InChI is InChI=1S/C21H22N4O2S/c22-12-17-19(18(13-23)21(25-20(17)24)28-11-10-26)14-6-8-16(9-7-14)27-15-4-2-1-3-5-15/h6-9,15,26H,1-5,10-11H2,(H2,24,25). The highest BCUT2D eigenvalue weighted by Crippen LogP contribution is 2.36. The molecule has 1 aromatic carbocycles. The zero-order chi connectivity index (χ0) is 19.9. The molecule has 1 saturated carbocycles. The second kappa shape index (κ2) is 9.45. The molecule has 0 radical (unpaired) electrons. The third-order valence-corrected chi connectivity index (χ3v) is 5.70. The third-order valence-electron chi connectivity index (χ3n) is 4.74. The number of aromatic nitrogens is 1. The van der Waals surface area contributed by atoms with Gasteiger partial charge in [-0.15, -0.1) is 11.8 Å². The van der Waals surface area contributed by atoms with Crippen LogP contribution in [0.15, 0.2) is 29.3 Å². The molecule has 6 nitrogen and oxygen atoms in total. The highest BCUT2D eigenvalue weighted by Gasteiger charge is 2.21. The molecule has 0 amide bonds. The van der Waals surface area contributed by atoms with Gasteiger partial charge in [0.05, 0.1) is 18.3 Å². The number of aliphatic hydroxyl groups is 1. The quantitative estimate of drug-likeness (QED) is 0.714. The van der Waals surface area contributed by atoms with Gasteiger partial charge in [0.1, 0.15) is 34.3 Å². The van der Waals surface area contributed by atoms with Crippen LogP contribution in [0.4, 0.5) is 5.82 Å². The zero-order valence-electron chi connectivity index (χ0n) is 15.5. The molecule has 0 atom stereocenters. The largest absolute Gasteiger partial charge is 0.490 e. The van der Waals surface area contributed by atoms with Crippen LogP contribution in [0, 0.1) is 22.7 Å². The molecule has 7 heteroatoms. The number of nitrogens with two attached hydrogens (primary N) is 1. The van der Waals surface area contributed by atoms with Gasteiger partial charge in [-0.3, -0.25) is 0 Å². The number of anilines is 1. The Morgan fingerprint density at radius 1 is 1.11 bits per heavy atom. The van der Waals surface area contributed by atoms with Crippen LogP contribution in [0.3, 0.4) is 0 Å². The fourth-order valence-corrected chi connectivity index (χ4v) is 4.15. The Bertz CT molecular complexity index is 910. The Hall–Kier alpha value is -2.74. The average Bonchev–Trinajstić information content (AvgIpc) is 2.73. The van der Waals surface area contributed by atoms with Gasteiger partial charge in [0.2, 0.25) is 0 Å². The second-order valence-electron chi connectivity index (χ2n) is 6.63. The van der Waals surface area contributed by atoms with Crippen molar-refractivity contribution < 1.29 is 9.84 Å². The predicted molar refractivity (Wildman–Crippen MR) is 109 cm³/mol. The molecule has 0 spiro atoms. The van der Waals surface area contributed by atoms with Gasteiger partial charge >= 0.3 is 0 Å². The van der Waals surface area contributed by atoms with Crippen molar-refractivity contribution >= 4 is 17.6 Å². The SMILES string of the molecule is N#Cc1c(N)nc(SCCO)c(C#N)c1-c1ccc(OC2CCCCC2)cc1. The van der Waals surface area contributed by atoms with Gasteiger partial charge in [-0.05, 0) is 43.4 Å². The molecule has 0 bridgehead atoms. The Kier molecular flexibility index (Phi) is 6.76. The van der Waals surface area contributed by atoms with Gasteiger partial charge in [0.25, 0.3) is 0 Å². The van der Waals surface area contributed by atoms with E-state index >= 15 is 0 Å². The molecule has 1 aliphatic rings. The lowest BCUT2D eigenvalue weighted by molar-refractivity contribution is 0.155. The maximum absolute atomic E-state index is 9.70. The third kappa shape index (κ3) is 4.39. The molecule has 1 fully saturated rings. The molecule has 0 unspecified atom stereocenters. The van der Waals surface area contributed by atoms with Crippen LogP contribution in [-0.2, 0) is 0 Å². The molecule has 1 aromatic heterocycles. The lowest BCUT2D eigenvalue weighted by Gasteiger charge is -2.23. The molecular weight excluding hydrogens is 372 g/mol. The number of nitrogens with zero attached hydrogens (tertiary/aromatic N) is 3. The summed E-state index contributed by atoms with van der Waals surface area (Å²) in [7, 11) is 0.